The lowest BCUT2D eigenvalue weighted by Gasteiger charge is -2.02. The second-order valence-electron chi connectivity index (χ2n) is 4.93. The molecule has 0 aliphatic rings. The van der Waals surface area contributed by atoms with E-state index in [1.807, 2.05) is 48.5 Å². The maximum Gasteiger partial charge on any atom is 0.256 e. The molecule has 3 rings (SSSR count). The lowest BCUT2D eigenvalue weighted by Crippen LogP contribution is -1.83. The number of nitriles is 1. The average Bonchev–Trinajstić information content (AvgIpc) is 3.01. The number of halogens is 2. The molecule has 3 aromatic rings. The minimum atomic E-state index is 0.444. The van der Waals surface area contributed by atoms with Gasteiger partial charge < -0.3 is 4.42 Å². The molecular weight excluding hydrogens is 363 g/mol. The van der Waals surface area contributed by atoms with Crippen LogP contribution in [0.4, 0.5) is 0 Å². The molecule has 0 spiro atoms. The van der Waals surface area contributed by atoms with Crippen molar-refractivity contribution in [3.63, 3.8) is 0 Å². The summed E-state index contributed by atoms with van der Waals surface area (Å²) in [5, 5.41) is 10.5. The summed E-state index contributed by atoms with van der Waals surface area (Å²) in [6.07, 6.45) is 0.444. The number of rotatable bonds is 5. The van der Waals surface area contributed by atoms with Gasteiger partial charge in [0.2, 0.25) is 0 Å². The zero-order valence-electron chi connectivity index (χ0n) is 12.5. The van der Waals surface area contributed by atoms with Crippen LogP contribution in [0.1, 0.15) is 6.42 Å². The molecule has 1 heterocycles. The summed E-state index contributed by atoms with van der Waals surface area (Å²) in [5.74, 6) is 1.31. The minimum Gasteiger partial charge on any atom is -0.431 e. The third-order valence-electron chi connectivity index (χ3n) is 3.27. The summed E-state index contributed by atoms with van der Waals surface area (Å²) in [6, 6.07) is 17.0. The third kappa shape index (κ3) is 3.93. The van der Waals surface area contributed by atoms with Gasteiger partial charge in [0.15, 0.2) is 5.76 Å². The quantitative estimate of drug-likeness (QED) is 0.387. The molecule has 0 fully saturated rings. The highest BCUT2D eigenvalue weighted by atomic mass is 35.5. The van der Waals surface area contributed by atoms with Gasteiger partial charge in [-0.05, 0) is 36.4 Å². The summed E-state index contributed by atoms with van der Waals surface area (Å²) >= 11 is 13.4. The highest BCUT2D eigenvalue weighted by Crippen LogP contribution is 2.36. The summed E-state index contributed by atoms with van der Waals surface area (Å²) in [5.41, 5.74) is 2.55. The molecule has 0 amide bonds. The number of hydrogen-bond donors (Lipinski definition) is 0. The van der Waals surface area contributed by atoms with Crippen molar-refractivity contribution in [1.82, 2.24) is 4.98 Å². The van der Waals surface area contributed by atoms with Gasteiger partial charge in [-0.1, -0.05) is 47.1 Å². The Kier molecular flexibility index (Phi) is 5.47. The van der Waals surface area contributed by atoms with Gasteiger partial charge in [-0.15, -0.1) is 0 Å². The van der Waals surface area contributed by atoms with Gasteiger partial charge in [-0.3, -0.25) is 0 Å². The highest BCUT2D eigenvalue weighted by Gasteiger charge is 2.17. The van der Waals surface area contributed by atoms with Gasteiger partial charge in [0.05, 0.1) is 6.07 Å². The highest BCUT2D eigenvalue weighted by molar-refractivity contribution is 7.99. The Morgan fingerprint density at radius 1 is 0.958 bits per heavy atom. The van der Waals surface area contributed by atoms with Crippen molar-refractivity contribution in [3.8, 4) is 28.7 Å². The topological polar surface area (TPSA) is 49.8 Å². The molecule has 0 bridgehead atoms. The maximum atomic E-state index is 8.67. The van der Waals surface area contributed by atoms with Crippen LogP contribution in [0.25, 0.3) is 22.6 Å². The Labute approximate surface area is 154 Å². The number of oxazole rings is 1. The van der Waals surface area contributed by atoms with E-state index in [1.54, 1.807) is 0 Å². The molecule has 0 saturated heterocycles. The molecule has 0 atom stereocenters. The normalized spacial score (nSPS) is 10.5. The van der Waals surface area contributed by atoms with Crippen LogP contribution in [0.2, 0.25) is 10.0 Å². The molecular formula is C18H12Cl2N2OS. The second kappa shape index (κ2) is 7.76. The first-order valence-electron chi connectivity index (χ1n) is 7.20. The fourth-order valence-corrected chi connectivity index (χ4v) is 3.06. The molecule has 0 aliphatic heterocycles. The number of aromatic nitrogens is 1. The molecule has 6 heteroatoms. The van der Waals surface area contributed by atoms with E-state index in [-0.39, 0.29) is 0 Å². The molecule has 0 aliphatic carbocycles. The molecule has 0 unspecified atom stereocenters. The Bertz CT molecular complexity index is 805. The Morgan fingerprint density at radius 3 is 2.12 bits per heavy atom. The Hall–Kier alpha value is -1.93. The number of thioether (sulfide) groups is 1. The molecule has 24 heavy (non-hydrogen) atoms. The molecule has 120 valence electrons. The molecule has 0 saturated carbocycles. The van der Waals surface area contributed by atoms with E-state index in [1.165, 1.54) is 11.8 Å². The number of hydrogen-bond acceptors (Lipinski definition) is 4. The van der Waals surface area contributed by atoms with Crippen LogP contribution in [0.15, 0.2) is 58.2 Å². The monoisotopic (exact) mass is 374 g/mol. The van der Waals surface area contributed by atoms with Crippen LogP contribution in [0.5, 0.6) is 0 Å². The van der Waals surface area contributed by atoms with Gasteiger partial charge in [-0.2, -0.15) is 5.26 Å². The zero-order chi connectivity index (χ0) is 16.9. The lowest BCUT2D eigenvalue weighted by molar-refractivity contribution is 0.466. The summed E-state index contributed by atoms with van der Waals surface area (Å²) < 4.78 is 5.94. The second-order valence-corrected chi connectivity index (χ2v) is 6.85. The van der Waals surface area contributed by atoms with Crippen LogP contribution >= 0.6 is 35.0 Å². The number of benzene rings is 2. The first-order chi connectivity index (χ1) is 11.7. The SMILES string of the molecule is N#CCCSc1nc(-c2ccc(Cl)cc2)c(-c2ccc(Cl)cc2)o1. The predicted molar refractivity (Wildman–Crippen MR) is 98.3 cm³/mol. The van der Waals surface area contributed by atoms with Crippen molar-refractivity contribution < 1.29 is 4.42 Å². The van der Waals surface area contributed by atoms with Crippen molar-refractivity contribution in [3.05, 3.63) is 58.6 Å². The molecule has 1 aromatic heterocycles. The maximum absolute atomic E-state index is 8.67. The molecule has 0 radical (unpaired) electrons. The van der Waals surface area contributed by atoms with Crippen molar-refractivity contribution >= 4 is 35.0 Å². The van der Waals surface area contributed by atoms with Crippen LogP contribution in [-0.4, -0.2) is 10.7 Å². The fraction of sp³-hybridized carbons (Fsp3) is 0.111. The van der Waals surface area contributed by atoms with Gasteiger partial charge in [-0.25, -0.2) is 4.98 Å². The van der Waals surface area contributed by atoms with E-state index in [9.17, 15) is 0 Å². The van der Waals surface area contributed by atoms with Crippen LogP contribution in [0.3, 0.4) is 0 Å². The van der Waals surface area contributed by atoms with Crippen LogP contribution < -0.4 is 0 Å². The van der Waals surface area contributed by atoms with E-state index in [0.717, 1.165) is 16.8 Å². The van der Waals surface area contributed by atoms with Crippen molar-refractivity contribution in [2.45, 2.75) is 11.6 Å². The minimum absolute atomic E-state index is 0.444. The summed E-state index contributed by atoms with van der Waals surface area (Å²) in [6.45, 7) is 0. The predicted octanol–water partition coefficient (Wildman–Crippen LogP) is 6.32. The van der Waals surface area contributed by atoms with Gasteiger partial charge in [0.1, 0.15) is 5.69 Å². The lowest BCUT2D eigenvalue weighted by atomic mass is 10.1. The van der Waals surface area contributed by atoms with Crippen molar-refractivity contribution in [2.24, 2.45) is 0 Å². The standard InChI is InChI=1S/C18H12Cl2N2OS/c19-14-6-2-12(3-7-14)16-17(13-4-8-15(20)9-5-13)23-18(22-16)24-11-1-10-21/h2-9H,1,11H2. The van der Waals surface area contributed by atoms with E-state index in [0.29, 0.717) is 33.2 Å². The van der Waals surface area contributed by atoms with E-state index in [2.05, 4.69) is 11.1 Å². The van der Waals surface area contributed by atoms with Gasteiger partial charge in [0, 0.05) is 33.3 Å². The van der Waals surface area contributed by atoms with Crippen LogP contribution in [-0.2, 0) is 0 Å². The molecule has 3 nitrogen and oxygen atoms in total. The Morgan fingerprint density at radius 2 is 1.54 bits per heavy atom. The first-order valence-corrected chi connectivity index (χ1v) is 8.94. The first kappa shape index (κ1) is 16.9. The van der Waals surface area contributed by atoms with E-state index in [4.69, 9.17) is 32.9 Å². The largest absolute Gasteiger partial charge is 0.431 e. The van der Waals surface area contributed by atoms with Crippen molar-refractivity contribution in [2.75, 3.05) is 5.75 Å². The number of nitrogens with zero attached hydrogens (tertiary/aromatic N) is 2. The Balaban J connectivity index is 2.02. The fourth-order valence-electron chi connectivity index (χ4n) is 2.15. The van der Waals surface area contributed by atoms with Gasteiger partial charge in [0.25, 0.3) is 5.22 Å². The van der Waals surface area contributed by atoms with Crippen molar-refractivity contribution in [1.29, 1.82) is 5.26 Å². The smallest absolute Gasteiger partial charge is 0.256 e. The summed E-state index contributed by atoms with van der Waals surface area (Å²) in [4.78, 5) is 4.59. The molecule has 2 aromatic carbocycles. The zero-order valence-corrected chi connectivity index (χ0v) is 14.8. The van der Waals surface area contributed by atoms with Crippen LogP contribution in [0, 0.1) is 11.3 Å². The molecule has 0 N–H and O–H groups in total. The average molecular weight is 375 g/mol. The summed E-state index contributed by atoms with van der Waals surface area (Å²) in [7, 11) is 0. The van der Waals surface area contributed by atoms with E-state index >= 15 is 0 Å². The van der Waals surface area contributed by atoms with Gasteiger partial charge >= 0.3 is 0 Å². The van der Waals surface area contributed by atoms with E-state index < -0.39 is 0 Å². The third-order valence-corrected chi connectivity index (χ3v) is 4.60.